The van der Waals surface area contributed by atoms with Crippen molar-refractivity contribution in [1.82, 2.24) is 9.38 Å². The van der Waals surface area contributed by atoms with Crippen LogP contribution in [0.1, 0.15) is 56.2 Å². The van der Waals surface area contributed by atoms with E-state index in [2.05, 4.69) is 0 Å². The second kappa shape index (κ2) is 6.32. The highest BCUT2D eigenvalue weighted by Crippen LogP contribution is 2.35. The van der Waals surface area contributed by atoms with Gasteiger partial charge in [-0.3, -0.25) is 18.8 Å². The zero-order chi connectivity index (χ0) is 21.2. The van der Waals surface area contributed by atoms with Crippen molar-refractivity contribution in [3.8, 4) is 0 Å². The first-order valence-corrected chi connectivity index (χ1v) is 9.72. The zero-order valence-corrected chi connectivity index (χ0v) is 16.8. The number of benzene rings is 2. The molecule has 0 spiro atoms. The minimum atomic E-state index is -0.319. The fraction of sp³-hybridized carbons (Fsp3) is 0.120. The molecule has 2 aromatic carbocycles. The lowest BCUT2D eigenvalue weighted by Gasteiger charge is -2.22. The third-order valence-corrected chi connectivity index (χ3v) is 5.94. The van der Waals surface area contributed by atoms with Gasteiger partial charge in [-0.05, 0) is 32.9 Å². The van der Waals surface area contributed by atoms with E-state index >= 15 is 0 Å². The van der Waals surface area contributed by atoms with E-state index in [1.165, 1.54) is 0 Å². The molecule has 5 heteroatoms. The summed E-state index contributed by atoms with van der Waals surface area (Å²) in [5.41, 5.74) is 4.37. The van der Waals surface area contributed by atoms with Crippen LogP contribution in [0.25, 0.3) is 16.7 Å². The first-order chi connectivity index (χ1) is 14.4. The number of hydrogen-bond acceptors (Lipinski definition) is 4. The van der Waals surface area contributed by atoms with E-state index in [9.17, 15) is 14.4 Å². The van der Waals surface area contributed by atoms with E-state index in [0.717, 1.165) is 5.52 Å². The number of aromatic nitrogens is 2. The van der Waals surface area contributed by atoms with Crippen LogP contribution in [-0.4, -0.2) is 26.7 Å². The number of carbonyl (C=O) groups excluding carboxylic acids is 3. The number of imidazole rings is 1. The van der Waals surface area contributed by atoms with E-state index in [-0.39, 0.29) is 34.0 Å². The minimum absolute atomic E-state index is 0.164. The fourth-order valence-corrected chi connectivity index (χ4v) is 4.23. The summed E-state index contributed by atoms with van der Waals surface area (Å²) in [5.74, 6) is -0.832. The summed E-state index contributed by atoms with van der Waals surface area (Å²) in [6, 6.07) is 16.3. The Kier molecular flexibility index (Phi) is 3.83. The zero-order valence-electron chi connectivity index (χ0n) is 16.8. The molecule has 0 N–H and O–H groups in total. The minimum Gasteiger partial charge on any atom is -0.296 e. The second-order valence-corrected chi connectivity index (χ2v) is 7.57. The van der Waals surface area contributed by atoms with Crippen LogP contribution in [0.2, 0.25) is 0 Å². The molecule has 30 heavy (non-hydrogen) atoms. The Hall–Kier alpha value is -3.86. The number of rotatable bonds is 2. The average molecular weight is 394 g/mol. The number of Topliss-reactive ketones (excluding diaryl/α,β-unsaturated/α-hetero) is 2. The Morgan fingerprint density at radius 2 is 1.40 bits per heavy atom. The Balaban J connectivity index is 2.01. The summed E-state index contributed by atoms with van der Waals surface area (Å²) in [6.07, 6.45) is 0. The molecule has 5 rings (SSSR count). The van der Waals surface area contributed by atoms with Crippen molar-refractivity contribution in [3.63, 3.8) is 0 Å². The number of nitrogens with zero attached hydrogens (tertiary/aromatic N) is 2. The molecule has 146 valence electrons. The van der Waals surface area contributed by atoms with Gasteiger partial charge in [-0.1, -0.05) is 42.5 Å². The number of allylic oxidation sites excluding steroid dienone is 2. The molecule has 0 atom stereocenters. The molecule has 0 saturated heterocycles. The van der Waals surface area contributed by atoms with Gasteiger partial charge < -0.3 is 0 Å². The van der Waals surface area contributed by atoms with Gasteiger partial charge in [0.25, 0.3) is 0 Å². The van der Waals surface area contributed by atoms with Gasteiger partial charge in [0, 0.05) is 22.4 Å². The van der Waals surface area contributed by atoms with E-state index in [4.69, 9.17) is 4.98 Å². The van der Waals surface area contributed by atoms with Crippen LogP contribution >= 0.6 is 0 Å². The van der Waals surface area contributed by atoms with Gasteiger partial charge in [-0.2, -0.15) is 0 Å². The molecule has 0 saturated carbocycles. The first-order valence-electron chi connectivity index (χ1n) is 9.72. The Labute approximate surface area is 172 Å². The Morgan fingerprint density at radius 3 is 2.10 bits per heavy atom. The monoisotopic (exact) mass is 394 g/mol. The van der Waals surface area contributed by atoms with E-state index in [0.29, 0.717) is 33.6 Å². The normalized spacial score (nSPS) is 14.0. The molecule has 1 aliphatic rings. The molecule has 1 aliphatic carbocycles. The van der Waals surface area contributed by atoms with Crippen molar-refractivity contribution in [1.29, 1.82) is 0 Å². The van der Waals surface area contributed by atoms with Crippen molar-refractivity contribution in [2.24, 2.45) is 0 Å². The molecule has 0 fully saturated rings. The van der Waals surface area contributed by atoms with Gasteiger partial charge in [0.1, 0.15) is 5.65 Å². The van der Waals surface area contributed by atoms with Gasteiger partial charge in [0.05, 0.1) is 27.7 Å². The van der Waals surface area contributed by atoms with Gasteiger partial charge in [0.15, 0.2) is 17.3 Å². The van der Waals surface area contributed by atoms with Crippen molar-refractivity contribution in [2.75, 3.05) is 0 Å². The van der Waals surface area contributed by atoms with Crippen molar-refractivity contribution in [3.05, 3.63) is 93.7 Å². The lowest BCUT2D eigenvalue weighted by molar-refractivity contribution is 0.0966. The number of ketones is 3. The summed E-state index contributed by atoms with van der Waals surface area (Å²) in [6.45, 7) is 5.10. The molecule has 5 nitrogen and oxygen atoms in total. The van der Waals surface area contributed by atoms with Crippen LogP contribution in [-0.2, 0) is 0 Å². The molecule has 0 unspecified atom stereocenters. The molecule has 4 aromatic rings. The molecule has 0 bridgehead atoms. The van der Waals surface area contributed by atoms with Crippen molar-refractivity contribution < 1.29 is 14.4 Å². The highest BCUT2D eigenvalue weighted by atomic mass is 16.1. The number of carbonyl (C=O) groups is 3. The maximum absolute atomic E-state index is 13.6. The van der Waals surface area contributed by atoms with Gasteiger partial charge in [-0.25, -0.2) is 4.98 Å². The number of pyridine rings is 1. The van der Waals surface area contributed by atoms with Crippen LogP contribution in [0.4, 0.5) is 0 Å². The number of aryl methyl sites for hydroxylation is 1. The van der Waals surface area contributed by atoms with E-state index < -0.39 is 0 Å². The number of hydrogen-bond donors (Lipinski definition) is 0. The lowest BCUT2D eigenvalue weighted by Crippen LogP contribution is -2.26. The highest BCUT2D eigenvalue weighted by molar-refractivity contribution is 6.32. The average Bonchev–Trinajstić information content (AvgIpc) is 3.16. The topological polar surface area (TPSA) is 68.5 Å². The predicted octanol–water partition coefficient (Wildman–Crippen LogP) is 4.74. The SMILES string of the molecule is CC1=C(C)C(=O)c2c(c(C(=O)c3ccccc3)c3nc4ccccc4n3c2C)C1=O. The molecule has 2 aromatic heterocycles. The smallest absolute Gasteiger partial charge is 0.197 e. The van der Waals surface area contributed by atoms with Crippen LogP contribution in [0.3, 0.4) is 0 Å². The summed E-state index contributed by atoms with van der Waals surface area (Å²) < 4.78 is 1.82. The van der Waals surface area contributed by atoms with Crippen molar-refractivity contribution >= 4 is 34.0 Å². The molecule has 2 heterocycles. The third kappa shape index (κ3) is 2.29. The number of fused-ring (bicyclic) bond motifs is 4. The molecular weight excluding hydrogens is 376 g/mol. The summed E-state index contributed by atoms with van der Waals surface area (Å²) in [4.78, 5) is 44.9. The molecule has 0 aliphatic heterocycles. The first kappa shape index (κ1) is 18.2. The largest absolute Gasteiger partial charge is 0.296 e. The lowest BCUT2D eigenvalue weighted by atomic mass is 9.81. The summed E-state index contributed by atoms with van der Waals surface area (Å²) in [5, 5.41) is 0. The van der Waals surface area contributed by atoms with Crippen molar-refractivity contribution in [2.45, 2.75) is 20.8 Å². The van der Waals surface area contributed by atoms with Gasteiger partial charge >= 0.3 is 0 Å². The molecule has 0 amide bonds. The number of para-hydroxylation sites is 2. The maximum Gasteiger partial charge on any atom is 0.197 e. The van der Waals surface area contributed by atoms with Crippen LogP contribution in [0.15, 0.2) is 65.7 Å². The fourth-order valence-electron chi connectivity index (χ4n) is 4.23. The second-order valence-electron chi connectivity index (χ2n) is 7.57. The maximum atomic E-state index is 13.6. The van der Waals surface area contributed by atoms with E-state index in [1.807, 2.05) is 34.7 Å². The molecule has 0 radical (unpaired) electrons. The predicted molar refractivity (Wildman–Crippen MR) is 114 cm³/mol. The van der Waals surface area contributed by atoms with Crippen LogP contribution < -0.4 is 0 Å². The summed E-state index contributed by atoms with van der Waals surface area (Å²) in [7, 11) is 0. The van der Waals surface area contributed by atoms with Gasteiger partial charge in [-0.15, -0.1) is 0 Å². The standard InChI is InChI=1S/C25H18N2O3/c1-13-14(2)23(29)20-19(22(13)28)15(3)27-18-12-8-7-11-17(18)26-25(27)21(20)24(30)16-9-5-4-6-10-16/h4-12H,1-3H3. The Morgan fingerprint density at radius 1 is 0.800 bits per heavy atom. The third-order valence-electron chi connectivity index (χ3n) is 5.94. The van der Waals surface area contributed by atoms with Gasteiger partial charge in [0.2, 0.25) is 0 Å². The van der Waals surface area contributed by atoms with Crippen LogP contribution in [0, 0.1) is 6.92 Å². The quantitative estimate of drug-likeness (QED) is 0.461. The highest BCUT2D eigenvalue weighted by Gasteiger charge is 2.36. The van der Waals surface area contributed by atoms with Crippen LogP contribution in [0.5, 0.6) is 0 Å². The Bertz CT molecular complexity index is 1460. The van der Waals surface area contributed by atoms with E-state index in [1.54, 1.807) is 45.0 Å². The summed E-state index contributed by atoms with van der Waals surface area (Å²) >= 11 is 0. The molecular formula is C25H18N2O3.